The number of aliphatic hydroxyl groups is 1. The smallest absolute Gasteiger partial charge is 0.494 e. The van der Waals surface area contributed by atoms with Crippen LogP contribution in [0.2, 0.25) is 0 Å². The van der Waals surface area contributed by atoms with Gasteiger partial charge in [-0.3, -0.25) is 14.2 Å². The standard InChI is InChI=1S/C25H30N4O5S.CHF3O/c1-2-29-16-14-25(15-17-29,24(30)27-31)35(32)21-12-10-20(11-13-21)33-18-6-9-22-26-23(28-34-22)19-7-4-3-5-8-19;2-1(3,4)5/h3-5,7-8,10-13,31H,2,6,9,14-18H2,1H3,(H,27,30);5H. The first kappa shape index (κ1) is 31.2. The van der Waals surface area contributed by atoms with Gasteiger partial charge < -0.3 is 19.3 Å². The Bertz CT molecular complexity index is 1230. The van der Waals surface area contributed by atoms with Crippen LogP contribution in [0.4, 0.5) is 13.2 Å². The van der Waals surface area contributed by atoms with E-state index >= 15 is 0 Å². The second-order valence-electron chi connectivity index (χ2n) is 8.91. The van der Waals surface area contributed by atoms with Gasteiger partial charge in [0, 0.05) is 30.0 Å². The molecule has 1 aliphatic rings. The maximum absolute atomic E-state index is 13.4. The average Bonchev–Trinajstić information content (AvgIpc) is 3.43. The molecule has 3 aromatic rings. The van der Waals surface area contributed by atoms with Crippen LogP contribution in [-0.4, -0.2) is 72.8 Å². The monoisotopic (exact) mass is 584 g/mol. The number of aromatic nitrogens is 2. The van der Waals surface area contributed by atoms with Crippen LogP contribution in [0.15, 0.2) is 64.0 Å². The Balaban J connectivity index is 0.000000810. The molecule has 14 heteroatoms. The normalized spacial score (nSPS) is 15.9. The van der Waals surface area contributed by atoms with Crippen molar-refractivity contribution in [2.45, 2.75) is 48.6 Å². The summed E-state index contributed by atoms with van der Waals surface area (Å²) in [5.41, 5.74) is 2.64. The van der Waals surface area contributed by atoms with Crippen LogP contribution in [0.3, 0.4) is 0 Å². The molecule has 1 fully saturated rings. The van der Waals surface area contributed by atoms with Gasteiger partial charge >= 0.3 is 6.36 Å². The van der Waals surface area contributed by atoms with Crippen LogP contribution in [0, 0.1) is 0 Å². The van der Waals surface area contributed by atoms with E-state index in [0.29, 0.717) is 67.7 Å². The SMILES string of the molecule is CCN1CCC(C(=O)NO)(S(=O)c2ccc(OCCCc3nc(-c4ccccc4)no3)cc2)CC1.OC(F)(F)F. The number of amides is 1. The van der Waals surface area contributed by atoms with Crippen molar-refractivity contribution in [1.82, 2.24) is 20.5 Å². The minimum absolute atomic E-state index is 0.416. The molecule has 4 rings (SSSR count). The van der Waals surface area contributed by atoms with E-state index in [-0.39, 0.29) is 0 Å². The van der Waals surface area contributed by atoms with E-state index in [9.17, 15) is 27.4 Å². The summed E-state index contributed by atoms with van der Waals surface area (Å²) in [7, 11) is -1.61. The summed E-state index contributed by atoms with van der Waals surface area (Å²) in [5, 5.41) is 19.8. The lowest BCUT2D eigenvalue weighted by molar-refractivity contribution is -0.295. The molecule has 1 atom stereocenters. The summed E-state index contributed by atoms with van der Waals surface area (Å²) in [6.07, 6.45) is -2.88. The van der Waals surface area contributed by atoms with Gasteiger partial charge in [0.1, 0.15) is 10.5 Å². The van der Waals surface area contributed by atoms with Crippen LogP contribution >= 0.6 is 0 Å². The summed E-state index contributed by atoms with van der Waals surface area (Å²) >= 11 is 0. The lowest BCUT2D eigenvalue weighted by atomic mass is 9.95. The molecule has 0 aliphatic carbocycles. The second-order valence-corrected chi connectivity index (χ2v) is 10.7. The zero-order chi connectivity index (χ0) is 29.2. The number of likely N-dealkylation sites (tertiary alicyclic amines) is 1. The molecule has 0 bridgehead atoms. The average molecular weight is 585 g/mol. The van der Waals surface area contributed by atoms with Crippen LogP contribution < -0.4 is 10.2 Å². The molecule has 3 N–H and O–H groups in total. The first-order chi connectivity index (χ1) is 19.1. The highest BCUT2D eigenvalue weighted by molar-refractivity contribution is 7.87. The molecule has 1 aromatic heterocycles. The molecule has 10 nitrogen and oxygen atoms in total. The summed E-state index contributed by atoms with van der Waals surface area (Å²) in [5.74, 6) is 1.17. The number of hydroxylamine groups is 1. The highest BCUT2D eigenvalue weighted by Crippen LogP contribution is 2.33. The van der Waals surface area contributed by atoms with Gasteiger partial charge in [0.25, 0.3) is 5.91 Å². The summed E-state index contributed by atoms with van der Waals surface area (Å²) < 4.78 is 53.1. The molecule has 1 aliphatic heterocycles. The minimum atomic E-state index is -5.00. The topological polar surface area (TPSA) is 138 Å². The van der Waals surface area contributed by atoms with Crippen molar-refractivity contribution < 1.29 is 41.7 Å². The maximum atomic E-state index is 13.4. The van der Waals surface area contributed by atoms with E-state index in [1.54, 1.807) is 29.7 Å². The van der Waals surface area contributed by atoms with E-state index in [4.69, 9.17) is 14.4 Å². The third kappa shape index (κ3) is 8.84. The molecule has 218 valence electrons. The number of ether oxygens (including phenoxy) is 1. The number of hydrogen-bond acceptors (Lipinski definition) is 9. The molecule has 1 amide bonds. The number of carbonyl (C=O) groups excluding carboxylic acids is 1. The fourth-order valence-corrected chi connectivity index (χ4v) is 5.79. The number of piperidine rings is 1. The molecular weight excluding hydrogens is 553 g/mol. The first-order valence-corrected chi connectivity index (χ1v) is 13.7. The second kappa shape index (κ2) is 14.3. The Kier molecular flexibility index (Phi) is 11.2. The molecule has 1 saturated heterocycles. The van der Waals surface area contributed by atoms with Gasteiger partial charge in [-0.1, -0.05) is 42.4 Å². The number of halogens is 3. The van der Waals surface area contributed by atoms with Crippen molar-refractivity contribution in [3.63, 3.8) is 0 Å². The van der Waals surface area contributed by atoms with E-state index in [2.05, 4.69) is 22.0 Å². The van der Waals surface area contributed by atoms with Crippen molar-refractivity contribution in [3.05, 3.63) is 60.5 Å². The number of nitrogens with zero attached hydrogens (tertiary/aromatic N) is 3. The number of aryl methyl sites for hydroxylation is 1. The Morgan fingerprint density at radius 1 is 1.15 bits per heavy atom. The van der Waals surface area contributed by atoms with Gasteiger partial charge in [-0.05, 0) is 50.1 Å². The molecule has 2 aromatic carbocycles. The first-order valence-electron chi connectivity index (χ1n) is 12.5. The zero-order valence-corrected chi connectivity index (χ0v) is 22.6. The molecule has 40 heavy (non-hydrogen) atoms. The number of nitrogens with one attached hydrogen (secondary N) is 1. The van der Waals surface area contributed by atoms with Crippen molar-refractivity contribution >= 4 is 16.7 Å². The Morgan fingerprint density at radius 3 is 2.35 bits per heavy atom. The Hall–Kier alpha value is -3.33. The van der Waals surface area contributed by atoms with E-state index in [1.165, 1.54) is 0 Å². The highest BCUT2D eigenvalue weighted by Gasteiger charge is 2.47. The molecule has 1 unspecified atom stereocenters. The quantitative estimate of drug-likeness (QED) is 0.185. The fraction of sp³-hybridized carbons (Fsp3) is 0.423. The van der Waals surface area contributed by atoms with Gasteiger partial charge in [0.05, 0.1) is 17.4 Å². The van der Waals surface area contributed by atoms with Gasteiger partial charge in [-0.25, -0.2) is 5.48 Å². The van der Waals surface area contributed by atoms with Crippen LogP contribution in [0.5, 0.6) is 5.75 Å². The number of hydrogen-bond donors (Lipinski definition) is 3. The molecule has 2 heterocycles. The summed E-state index contributed by atoms with van der Waals surface area (Å²) in [6.45, 7) is 4.69. The number of benzene rings is 2. The minimum Gasteiger partial charge on any atom is -0.494 e. The van der Waals surface area contributed by atoms with E-state index in [0.717, 1.165) is 12.1 Å². The summed E-state index contributed by atoms with van der Waals surface area (Å²) in [4.78, 5) is 19.7. The van der Waals surface area contributed by atoms with E-state index < -0.39 is 27.8 Å². The van der Waals surface area contributed by atoms with Crippen molar-refractivity contribution in [1.29, 1.82) is 0 Å². The predicted octanol–water partition coefficient (Wildman–Crippen LogP) is 3.71. The highest BCUT2D eigenvalue weighted by atomic mass is 32.2. The zero-order valence-electron chi connectivity index (χ0n) is 21.8. The van der Waals surface area contributed by atoms with Gasteiger partial charge in [0.15, 0.2) is 0 Å². The van der Waals surface area contributed by atoms with Crippen molar-refractivity contribution in [3.8, 4) is 17.1 Å². The maximum Gasteiger partial charge on any atom is 0.519 e. The van der Waals surface area contributed by atoms with E-state index in [1.807, 2.05) is 30.3 Å². The van der Waals surface area contributed by atoms with Crippen molar-refractivity contribution in [2.75, 3.05) is 26.2 Å². The van der Waals surface area contributed by atoms with Crippen LogP contribution in [0.25, 0.3) is 11.4 Å². The molecule has 0 radical (unpaired) electrons. The molecule has 0 spiro atoms. The predicted molar refractivity (Wildman–Crippen MR) is 139 cm³/mol. The van der Waals surface area contributed by atoms with Crippen LogP contribution in [-0.2, 0) is 22.0 Å². The summed E-state index contributed by atoms with van der Waals surface area (Å²) in [6, 6.07) is 16.6. The third-order valence-electron chi connectivity index (χ3n) is 6.32. The number of carbonyl (C=O) groups is 1. The van der Waals surface area contributed by atoms with Gasteiger partial charge in [-0.15, -0.1) is 13.2 Å². The number of rotatable bonds is 10. The fourth-order valence-electron chi connectivity index (χ4n) is 4.19. The Morgan fingerprint density at radius 2 is 1.77 bits per heavy atom. The largest absolute Gasteiger partial charge is 0.519 e. The number of alkyl halides is 3. The molecular formula is C26H31F3N4O6S. The third-order valence-corrected chi connectivity index (χ3v) is 8.33. The molecule has 0 saturated carbocycles. The lowest BCUT2D eigenvalue weighted by Crippen LogP contribution is -2.55. The van der Waals surface area contributed by atoms with Crippen molar-refractivity contribution in [2.24, 2.45) is 0 Å². The van der Waals surface area contributed by atoms with Gasteiger partial charge in [0.2, 0.25) is 11.7 Å². The van der Waals surface area contributed by atoms with Gasteiger partial charge in [-0.2, -0.15) is 4.98 Å². The Labute approximate surface area is 231 Å². The van der Waals surface area contributed by atoms with Crippen LogP contribution in [0.1, 0.15) is 32.1 Å². The lowest BCUT2D eigenvalue weighted by Gasteiger charge is -2.38.